The molecule has 1 amide bonds. The van der Waals surface area contributed by atoms with Gasteiger partial charge in [-0.1, -0.05) is 11.8 Å². The van der Waals surface area contributed by atoms with Crippen LogP contribution in [0.2, 0.25) is 0 Å². The molecular formula is C22H30FN7O2. The molecule has 0 spiro atoms. The molecule has 1 atom stereocenters. The van der Waals surface area contributed by atoms with Crippen molar-refractivity contribution >= 4 is 23.4 Å². The first-order valence-corrected chi connectivity index (χ1v) is 10.5. The fourth-order valence-electron chi connectivity index (χ4n) is 2.53. The number of hydrogen-bond acceptors (Lipinski definition) is 8. The van der Waals surface area contributed by atoms with E-state index in [1.165, 1.54) is 12.3 Å². The van der Waals surface area contributed by atoms with Gasteiger partial charge in [-0.15, -0.1) is 0 Å². The minimum Gasteiger partial charge on any atom is -0.385 e. The molecule has 32 heavy (non-hydrogen) atoms. The second kappa shape index (κ2) is 13.9. The van der Waals surface area contributed by atoms with Gasteiger partial charge in [-0.2, -0.15) is 9.37 Å². The summed E-state index contributed by atoms with van der Waals surface area (Å²) in [6.07, 6.45) is 5.14. The summed E-state index contributed by atoms with van der Waals surface area (Å²) in [5, 5.41) is 12.0. The number of unbranched alkanes of at least 4 members (excludes halogenated alkanes) is 1. The van der Waals surface area contributed by atoms with Gasteiger partial charge in [0, 0.05) is 51.2 Å². The summed E-state index contributed by atoms with van der Waals surface area (Å²) in [6.45, 7) is 3.64. The minimum atomic E-state index is -0.591. The third kappa shape index (κ3) is 8.83. The van der Waals surface area contributed by atoms with Crippen molar-refractivity contribution < 1.29 is 13.9 Å². The van der Waals surface area contributed by atoms with Gasteiger partial charge in [0.1, 0.15) is 5.82 Å². The van der Waals surface area contributed by atoms with Gasteiger partial charge in [0.15, 0.2) is 0 Å². The lowest BCUT2D eigenvalue weighted by Gasteiger charge is -2.10. The first-order chi connectivity index (χ1) is 15.5. The van der Waals surface area contributed by atoms with Crippen molar-refractivity contribution in [3.63, 3.8) is 0 Å². The largest absolute Gasteiger partial charge is 0.385 e. The molecule has 0 fully saturated rings. The maximum absolute atomic E-state index is 13.3. The average molecular weight is 444 g/mol. The van der Waals surface area contributed by atoms with Crippen molar-refractivity contribution in [2.75, 3.05) is 44.5 Å². The topological polar surface area (TPSA) is 113 Å². The molecule has 2 aromatic heterocycles. The Hall–Kier alpha value is -3.29. The van der Waals surface area contributed by atoms with E-state index in [1.54, 1.807) is 33.3 Å². The summed E-state index contributed by atoms with van der Waals surface area (Å²) in [4.78, 5) is 24.0. The van der Waals surface area contributed by atoms with Gasteiger partial charge in [0.25, 0.3) is 0 Å². The summed E-state index contributed by atoms with van der Waals surface area (Å²) in [5.41, 5.74) is 1.15. The number of halogens is 1. The van der Waals surface area contributed by atoms with Gasteiger partial charge >= 0.3 is 0 Å². The Balaban J connectivity index is 2.00. The van der Waals surface area contributed by atoms with Crippen molar-refractivity contribution in [3.05, 3.63) is 36.0 Å². The Morgan fingerprint density at radius 2 is 2.12 bits per heavy atom. The quantitative estimate of drug-likeness (QED) is 0.224. The first kappa shape index (κ1) is 25.0. The van der Waals surface area contributed by atoms with Crippen molar-refractivity contribution in [2.45, 2.75) is 32.2 Å². The van der Waals surface area contributed by atoms with Crippen LogP contribution >= 0.6 is 0 Å². The molecule has 0 aliphatic heterocycles. The molecule has 0 aromatic carbocycles. The van der Waals surface area contributed by atoms with Crippen molar-refractivity contribution in [2.24, 2.45) is 0 Å². The fraction of sp³-hybridized carbons (Fsp3) is 0.455. The molecule has 0 aliphatic rings. The molecule has 0 bridgehead atoms. The van der Waals surface area contributed by atoms with Crippen LogP contribution in [0.25, 0.3) is 0 Å². The highest BCUT2D eigenvalue weighted by atomic mass is 19.1. The summed E-state index contributed by atoms with van der Waals surface area (Å²) in [6, 6.07) is 2.67. The van der Waals surface area contributed by atoms with Crippen LogP contribution in [0, 0.1) is 17.8 Å². The van der Waals surface area contributed by atoms with Gasteiger partial charge in [-0.05, 0) is 32.9 Å². The molecule has 172 valence electrons. The molecule has 0 unspecified atom stereocenters. The van der Waals surface area contributed by atoms with E-state index in [0.29, 0.717) is 49.1 Å². The number of rotatable bonds is 12. The Morgan fingerprint density at radius 1 is 1.28 bits per heavy atom. The maximum Gasteiger partial charge on any atom is 0.236 e. The molecule has 0 aliphatic carbocycles. The number of aromatic nitrogens is 3. The number of nitrogens with zero attached hydrogens (tertiary/aromatic N) is 3. The number of methoxy groups -OCH3 is 1. The third-order valence-electron chi connectivity index (χ3n) is 4.42. The van der Waals surface area contributed by atoms with Gasteiger partial charge in [0.05, 0.1) is 17.8 Å². The molecule has 2 rings (SSSR count). The van der Waals surface area contributed by atoms with Crippen molar-refractivity contribution in [1.82, 2.24) is 25.6 Å². The van der Waals surface area contributed by atoms with Crippen molar-refractivity contribution in [3.8, 4) is 11.8 Å². The normalized spacial score (nSPS) is 11.2. The van der Waals surface area contributed by atoms with Crippen LogP contribution in [0.3, 0.4) is 0 Å². The molecule has 0 saturated heterocycles. The number of pyridine rings is 1. The maximum atomic E-state index is 13.3. The number of amides is 1. The van der Waals surface area contributed by atoms with E-state index in [1.807, 2.05) is 0 Å². The molecule has 2 aromatic rings. The second-order valence-electron chi connectivity index (χ2n) is 6.93. The lowest BCUT2D eigenvalue weighted by Crippen LogP contribution is -2.40. The second-order valence-corrected chi connectivity index (χ2v) is 6.93. The standard InChI is InChI=1S/C22H30FN7O2/c1-16(24-2)21(31)27-10-6-4-5-8-17-15-28-22(29-18-9-12-25-19(23)14-18)30-20(17)26-11-7-13-32-3/h9,12,14-16,24H,4,6-7,10-11,13H2,1-3H3,(H,27,31)(H2,25,26,28,29,30)/t16-/m0/s1. The van der Waals surface area contributed by atoms with E-state index in [-0.39, 0.29) is 11.9 Å². The van der Waals surface area contributed by atoms with Gasteiger partial charge < -0.3 is 26.0 Å². The lowest BCUT2D eigenvalue weighted by molar-refractivity contribution is -0.122. The highest BCUT2D eigenvalue weighted by molar-refractivity contribution is 5.81. The fourth-order valence-corrected chi connectivity index (χ4v) is 2.53. The molecule has 9 nitrogen and oxygen atoms in total. The van der Waals surface area contributed by atoms with Crippen LogP contribution in [0.15, 0.2) is 24.5 Å². The third-order valence-corrected chi connectivity index (χ3v) is 4.42. The van der Waals surface area contributed by atoms with E-state index in [0.717, 1.165) is 12.8 Å². The average Bonchev–Trinajstić information content (AvgIpc) is 2.79. The lowest BCUT2D eigenvalue weighted by atomic mass is 10.2. The monoisotopic (exact) mass is 443 g/mol. The Morgan fingerprint density at radius 3 is 2.88 bits per heavy atom. The zero-order valence-corrected chi connectivity index (χ0v) is 18.7. The van der Waals surface area contributed by atoms with Crippen LogP contribution in [0.5, 0.6) is 0 Å². The van der Waals surface area contributed by atoms with Crippen LogP contribution in [0.4, 0.5) is 21.8 Å². The number of ether oxygens (including phenoxy) is 1. The Kier molecular flexibility index (Phi) is 10.8. The summed E-state index contributed by atoms with van der Waals surface area (Å²) < 4.78 is 18.4. The van der Waals surface area contributed by atoms with E-state index in [4.69, 9.17) is 4.74 Å². The molecule has 0 saturated carbocycles. The van der Waals surface area contributed by atoms with Crippen LogP contribution in [0.1, 0.15) is 31.7 Å². The summed E-state index contributed by atoms with van der Waals surface area (Å²) >= 11 is 0. The predicted octanol–water partition coefficient (Wildman–Crippen LogP) is 2.06. The summed E-state index contributed by atoms with van der Waals surface area (Å²) in [7, 11) is 3.40. The highest BCUT2D eigenvalue weighted by Crippen LogP contribution is 2.17. The SMILES string of the molecule is CN[C@@H](C)C(=O)NCCCC#Cc1cnc(Nc2ccnc(F)c2)nc1NCCCOC. The number of carbonyl (C=O) groups excluding carboxylic acids is 1. The number of hydrogen-bond donors (Lipinski definition) is 4. The molecule has 10 heteroatoms. The van der Waals surface area contributed by atoms with Crippen LogP contribution < -0.4 is 21.3 Å². The van der Waals surface area contributed by atoms with Gasteiger partial charge in [-0.25, -0.2) is 9.97 Å². The van der Waals surface area contributed by atoms with E-state index in [9.17, 15) is 9.18 Å². The predicted molar refractivity (Wildman–Crippen MR) is 122 cm³/mol. The van der Waals surface area contributed by atoms with E-state index >= 15 is 0 Å². The number of carbonyl (C=O) groups is 1. The first-order valence-electron chi connectivity index (χ1n) is 10.5. The zero-order valence-electron chi connectivity index (χ0n) is 18.7. The highest BCUT2D eigenvalue weighted by Gasteiger charge is 2.08. The Bertz CT molecular complexity index is 930. The van der Waals surface area contributed by atoms with Crippen molar-refractivity contribution in [1.29, 1.82) is 0 Å². The van der Waals surface area contributed by atoms with Gasteiger partial charge in [0.2, 0.25) is 17.8 Å². The minimum absolute atomic E-state index is 0.0337. The molecule has 4 N–H and O–H groups in total. The summed E-state index contributed by atoms with van der Waals surface area (Å²) in [5.74, 6) is 6.45. The van der Waals surface area contributed by atoms with E-state index < -0.39 is 5.95 Å². The van der Waals surface area contributed by atoms with Gasteiger partial charge in [-0.3, -0.25) is 4.79 Å². The number of nitrogens with one attached hydrogen (secondary N) is 4. The van der Waals surface area contributed by atoms with Crippen LogP contribution in [-0.4, -0.2) is 60.8 Å². The number of likely N-dealkylation sites (N-methyl/N-ethyl adjacent to an activating group) is 1. The van der Waals surface area contributed by atoms with Crippen LogP contribution in [-0.2, 0) is 9.53 Å². The molecular weight excluding hydrogens is 413 g/mol. The smallest absolute Gasteiger partial charge is 0.236 e. The van der Waals surface area contributed by atoms with E-state index in [2.05, 4.69) is 48.1 Å². The zero-order chi connectivity index (χ0) is 23.2. The molecule has 2 heterocycles. The Labute approximate surface area is 188 Å². The number of anilines is 3. The molecule has 0 radical (unpaired) electrons.